The number of methoxy groups -OCH3 is 1. The van der Waals surface area contributed by atoms with Gasteiger partial charge in [0, 0.05) is 13.0 Å². The highest BCUT2D eigenvalue weighted by molar-refractivity contribution is 4.92. The lowest BCUT2D eigenvalue weighted by Gasteiger charge is -2.49. The summed E-state index contributed by atoms with van der Waals surface area (Å²) >= 11 is 0. The summed E-state index contributed by atoms with van der Waals surface area (Å²) < 4.78 is 12.0. The molecule has 0 bridgehead atoms. The normalized spacial score (nSPS) is 48.5. The van der Waals surface area contributed by atoms with Crippen LogP contribution in [0.15, 0.2) is 0 Å². The van der Waals surface area contributed by atoms with Gasteiger partial charge < -0.3 is 9.47 Å². The summed E-state index contributed by atoms with van der Waals surface area (Å²) in [6.45, 7) is 16.9. The summed E-state index contributed by atoms with van der Waals surface area (Å²) in [5, 5.41) is 0. The average molecular weight is 353 g/mol. The van der Waals surface area contributed by atoms with E-state index in [1.165, 1.54) is 25.7 Å². The maximum atomic E-state index is 6.36. The maximum Gasteiger partial charge on any atom is 0.160 e. The van der Waals surface area contributed by atoms with E-state index in [0.717, 1.165) is 36.0 Å². The molecule has 1 aliphatic heterocycles. The van der Waals surface area contributed by atoms with Gasteiger partial charge in [0.1, 0.15) is 0 Å². The second-order valence-corrected chi connectivity index (χ2v) is 9.26. The zero-order valence-corrected chi connectivity index (χ0v) is 18.1. The predicted octanol–water partition coefficient (Wildman–Crippen LogP) is 6.39. The van der Waals surface area contributed by atoms with Gasteiger partial charge in [-0.3, -0.25) is 0 Å². The second kappa shape index (κ2) is 9.22. The van der Waals surface area contributed by atoms with E-state index in [9.17, 15) is 0 Å². The number of ether oxygens (including phenoxy) is 2. The maximum absolute atomic E-state index is 6.36. The first-order valence-electron chi connectivity index (χ1n) is 11.1. The highest BCUT2D eigenvalue weighted by atomic mass is 16.7. The Balaban J connectivity index is 2.13. The Morgan fingerprint density at radius 1 is 0.760 bits per heavy atom. The van der Waals surface area contributed by atoms with E-state index in [0.29, 0.717) is 23.9 Å². The molecule has 2 nitrogen and oxygen atoms in total. The molecule has 0 radical (unpaired) electrons. The van der Waals surface area contributed by atoms with Crippen molar-refractivity contribution in [2.45, 2.75) is 93.0 Å². The van der Waals surface area contributed by atoms with Crippen molar-refractivity contribution >= 4 is 0 Å². The van der Waals surface area contributed by atoms with Crippen LogP contribution in [-0.2, 0) is 9.47 Å². The van der Waals surface area contributed by atoms with Gasteiger partial charge in [0.15, 0.2) is 6.29 Å². The lowest BCUT2D eigenvalue weighted by Crippen LogP contribution is -2.48. The topological polar surface area (TPSA) is 18.5 Å². The molecule has 148 valence electrons. The summed E-state index contributed by atoms with van der Waals surface area (Å²) in [7, 11) is 1.79. The van der Waals surface area contributed by atoms with Crippen molar-refractivity contribution < 1.29 is 9.47 Å². The second-order valence-electron chi connectivity index (χ2n) is 9.26. The Bertz CT molecular complexity index is 392. The molecule has 0 spiro atoms. The minimum atomic E-state index is -0.0215. The third-order valence-electron chi connectivity index (χ3n) is 8.39. The molecule has 0 aromatic heterocycles. The molecule has 1 saturated carbocycles. The first kappa shape index (κ1) is 21.2. The third-order valence-corrected chi connectivity index (χ3v) is 8.39. The molecule has 25 heavy (non-hydrogen) atoms. The van der Waals surface area contributed by atoms with E-state index in [4.69, 9.17) is 9.47 Å². The molecule has 0 aromatic rings. The first-order chi connectivity index (χ1) is 11.9. The summed E-state index contributed by atoms with van der Waals surface area (Å²) in [5.41, 5.74) is 0. The fourth-order valence-corrected chi connectivity index (χ4v) is 6.27. The van der Waals surface area contributed by atoms with Gasteiger partial charge in [0.25, 0.3) is 0 Å². The minimum absolute atomic E-state index is 0.0215. The van der Waals surface area contributed by atoms with Crippen molar-refractivity contribution in [1.82, 2.24) is 0 Å². The molecule has 1 saturated heterocycles. The van der Waals surface area contributed by atoms with Crippen LogP contribution < -0.4 is 0 Å². The van der Waals surface area contributed by atoms with Crippen LogP contribution in [0.3, 0.4) is 0 Å². The standard InChI is InChI=1S/C23H44O2/c1-9-18-12-19(14(4)15(5)20(18)10-2)13-21-16(6)17(7)23(24-8)25-22(21)11-3/h14-23H,9-13H2,1-8H3/t14?,15-,16-,17?,18?,19-,20+,21-,22?,23-/m0/s1. The Morgan fingerprint density at radius 2 is 1.40 bits per heavy atom. The molecule has 1 heterocycles. The van der Waals surface area contributed by atoms with Gasteiger partial charge in [-0.2, -0.15) is 0 Å². The van der Waals surface area contributed by atoms with Gasteiger partial charge in [-0.25, -0.2) is 0 Å². The van der Waals surface area contributed by atoms with Crippen LogP contribution in [-0.4, -0.2) is 19.5 Å². The highest BCUT2D eigenvalue weighted by Crippen LogP contribution is 2.49. The van der Waals surface area contributed by atoms with Crippen molar-refractivity contribution in [3.8, 4) is 0 Å². The third kappa shape index (κ3) is 4.26. The largest absolute Gasteiger partial charge is 0.356 e. The molecule has 2 aliphatic rings. The Labute approximate surface area is 157 Å². The molecule has 2 fully saturated rings. The van der Waals surface area contributed by atoms with Crippen LogP contribution >= 0.6 is 0 Å². The Hall–Kier alpha value is -0.0800. The van der Waals surface area contributed by atoms with Crippen LogP contribution in [0, 0.1) is 47.3 Å². The van der Waals surface area contributed by atoms with E-state index in [-0.39, 0.29) is 6.29 Å². The zero-order chi connectivity index (χ0) is 18.7. The predicted molar refractivity (Wildman–Crippen MR) is 106 cm³/mol. The number of rotatable bonds is 6. The highest BCUT2D eigenvalue weighted by Gasteiger charge is 2.45. The van der Waals surface area contributed by atoms with Crippen molar-refractivity contribution in [2.24, 2.45) is 47.3 Å². The molecule has 1 aliphatic carbocycles. The molecule has 0 amide bonds. The summed E-state index contributed by atoms with van der Waals surface area (Å²) in [6.07, 6.45) is 6.93. The monoisotopic (exact) mass is 352 g/mol. The molecule has 4 unspecified atom stereocenters. The summed E-state index contributed by atoms with van der Waals surface area (Å²) in [6, 6.07) is 0. The van der Waals surface area contributed by atoms with Crippen molar-refractivity contribution in [1.29, 1.82) is 0 Å². The van der Waals surface area contributed by atoms with E-state index < -0.39 is 0 Å². The number of hydrogen-bond acceptors (Lipinski definition) is 2. The Kier molecular flexibility index (Phi) is 7.83. The van der Waals surface area contributed by atoms with Gasteiger partial charge in [-0.15, -0.1) is 0 Å². The fraction of sp³-hybridized carbons (Fsp3) is 1.00. The Morgan fingerprint density at radius 3 is 1.92 bits per heavy atom. The smallest absolute Gasteiger partial charge is 0.160 e. The van der Waals surface area contributed by atoms with Crippen LogP contribution in [0.1, 0.15) is 80.6 Å². The van der Waals surface area contributed by atoms with Gasteiger partial charge in [-0.1, -0.05) is 61.3 Å². The minimum Gasteiger partial charge on any atom is -0.356 e. The molecular weight excluding hydrogens is 308 g/mol. The SMILES string of the molecule is CCC1O[C@H](OC)C(C)[C@H](C)[C@@H]1C[C@@H]1CC(CC)[C@H](CC)[C@@H](C)C1C. The van der Waals surface area contributed by atoms with Gasteiger partial charge in [0.05, 0.1) is 6.10 Å². The van der Waals surface area contributed by atoms with Gasteiger partial charge in [-0.05, 0) is 60.7 Å². The number of hydrogen-bond donors (Lipinski definition) is 0. The molecule has 10 atom stereocenters. The molecule has 0 aromatic carbocycles. The van der Waals surface area contributed by atoms with Crippen molar-refractivity contribution in [2.75, 3.05) is 7.11 Å². The van der Waals surface area contributed by atoms with Gasteiger partial charge >= 0.3 is 0 Å². The molecular formula is C23H44O2. The van der Waals surface area contributed by atoms with E-state index >= 15 is 0 Å². The van der Waals surface area contributed by atoms with Gasteiger partial charge in [0.2, 0.25) is 0 Å². The van der Waals surface area contributed by atoms with E-state index in [1.54, 1.807) is 7.11 Å². The lowest BCUT2D eigenvalue weighted by atomic mass is 9.59. The van der Waals surface area contributed by atoms with Crippen molar-refractivity contribution in [3.05, 3.63) is 0 Å². The average Bonchev–Trinajstić information content (AvgIpc) is 2.62. The van der Waals surface area contributed by atoms with E-state index in [2.05, 4.69) is 48.5 Å². The molecule has 2 rings (SSSR count). The molecule has 0 N–H and O–H groups in total. The van der Waals surface area contributed by atoms with Crippen LogP contribution in [0.25, 0.3) is 0 Å². The first-order valence-corrected chi connectivity index (χ1v) is 11.1. The van der Waals surface area contributed by atoms with Crippen LogP contribution in [0.4, 0.5) is 0 Å². The fourth-order valence-electron chi connectivity index (χ4n) is 6.27. The molecule has 2 heteroatoms. The van der Waals surface area contributed by atoms with Crippen molar-refractivity contribution in [3.63, 3.8) is 0 Å². The lowest BCUT2D eigenvalue weighted by molar-refractivity contribution is -0.243. The summed E-state index contributed by atoms with van der Waals surface area (Å²) in [4.78, 5) is 0. The summed E-state index contributed by atoms with van der Waals surface area (Å²) in [5.74, 6) is 6.25. The zero-order valence-electron chi connectivity index (χ0n) is 18.1. The quantitative estimate of drug-likeness (QED) is 0.551. The van der Waals surface area contributed by atoms with Crippen LogP contribution in [0.2, 0.25) is 0 Å². The van der Waals surface area contributed by atoms with E-state index in [1.807, 2.05) is 0 Å². The van der Waals surface area contributed by atoms with Crippen LogP contribution in [0.5, 0.6) is 0 Å².